The molecule has 0 saturated carbocycles. The topological polar surface area (TPSA) is 124 Å². The van der Waals surface area contributed by atoms with Crippen LogP contribution in [-0.4, -0.2) is 55.6 Å². The van der Waals surface area contributed by atoms with Crippen molar-refractivity contribution in [1.82, 2.24) is 4.90 Å². The van der Waals surface area contributed by atoms with E-state index in [0.29, 0.717) is 6.54 Å². The lowest BCUT2D eigenvalue weighted by molar-refractivity contribution is -0.387. The third-order valence-corrected chi connectivity index (χ3v) is 5.39. The van der Waals surface area contributed by atoms with Gasteiger partial charge in [0.25, 0.3) is 11.6 Å². The Morgan fingerprint density at radius 3 is 2.62 bits per heavy atom. The van der Waals surface area contributed by atoms with E-state index in [0.717, 1.165) is 43.7 Å². The molecule has 0 aliphatic carbocycles. The van der Waals surface area contributed by atoms with Gasteiger partial charge >= 0.3 is 5.97 Å². The highest BCUT2D eigenvalue weighted by Crippen LogP contribution is 2.25. The van der Waals surface area contributed by atoms with Crippen LogP contribution in [0.4, 0.5) is 5.69 Å². The molecule has 1 saturated heterocycles. The normalized spacial score (nSPS) is 17.6. The highest BCUT2D eigenvalue weighted by atomic mass is 32.2. The molecule has 1 atom stereocenters. The molecule has 2 rings (SSSR count). The smallest absolute Gasteiger partial charge is 0.338 e. The van der Waals surface area contributed by atoms with Crippen LogP contribution in [0, 0.1) is 10.1 Å². The van der Waals surface area contributed by atoms with Gasteiger partial charge in [-0.25, -0.2) is 13.2 Å². The average Bonchev–Trinajstić information content (AvgIpc) is 2.58. The van der Waals surface area contributed by atoms with Crippen molar-refractivity contribution in [2.45, 2.75) is 37.1 Å². The monoisotopic (exact) mass is 384 g/mol. The van der Waals surface area contributed by atoms with Crippen LogP contribution in [0.15, 0.2) is 23.1 Å². The number of carbonyl (C=O) groups is 2. The lowest BCUT2D eigenvalue weighted by atomic mass is 10.0. The number of sulfone groups is 1. The number of nitrogens with zero attached hydrogens (tertiary/aromatic N) is 2. The lowest BCUT2D eigenvalue weighted by Crippen LogP contribution is -2.44. The van der Waals surface area contributed by atoms with Crippen molar-refractivity contribution in [1.29, 1.82) is 0 Å². The first-order valence-corrected chi connectivity index (χ1v) is 9.95. The van der Waals surface area contributed by atoms with E-state index in [4.69, 9.17) is 4.74 Å². The number of likely N-dealkylation sites (tertiary alicyclic amines) is 1. The number of hydrogen-bond donors (Lipinski definition) is 0. The van der Waals surface area contributed by atoms with E-state index in [9.17, 15) is 28.1 Å². The molecule has 1 aliphatic heterocycles. The maximum Gasteiger partial charge on any atom is 0.338 e. The molecule has 9 nitrogen and oxygen atoms in total. The highest BCUT2D eigenvalue weighted by Gasteiger charge is 2.26. The van der Waals surface area contributed by atoms with Crippen molar-refractivity contribution in [3.8, 4) is 0 Å². The first-order chi connectivity index (χ1) is 12.1. The van der Waals surface area contributed by atoms with E-state index in [1.165, 1.54) is 0 Å². The highest BCUT2D eigenvalue weighted by molar-refractivity contribution is 7.90. The number of carbonyl (C=O) groups excluding carboxylic acids is 2. The summed E-state index contributed by atoms with van der Waals surface area (Å²) in [6, 6.07) is 3.02. The number of amides is 1. The summed E-state index contributed by atoms with van der Waals surface area (Å²) in [5.74, 6) is -1.25. The molecule has 0 radical (unpaired) electrons. The molecule has 1 aromatic rings. The summed E-state index contributed by atoms with van der Waals surface area (Å²) in [5, 5.41) is 11.1. The van der Waals surface area contributed by atoms with Gasteiger partial charge in [-0.1, -0.05) is 0 Å². The van der Waals surface area contributed by atoms with Gasteiger partial charge in [-0.2, -0.15) is 0 Å². The predicted octanol–water partition coefficient (Wildman–Crippen LogP) is 1.56. The number of esters is 1. The van der Waals surface area contributed by atoms with Gasteiger partial charge in [-0.15, -0.1) is 0 Å². The molecule has 1 aliphatic rings. The predicted molar refractivity (Wildman–Crippen MR) is 91.5 cm³/mol. The standard InChI is InChI=1S/C16H20N2O7S/c1-11-5-3-4-8-17(11)15(19)10-25-16(20)12-6-7-14(26(2,23)24)13(9-12)18(21)22/h6-7,9,11H,3-5,8,10H2,1-2H3/t11-/m0/s1. The van der Waals surface area contributed by atoms with E-state index in [2.05, 4.69) is 0 Å². The number of hydrogen-bond acceptors (Lipinski definition) is 7. The number of nitro benzene ring substituents is 1. The quantitative estimate of drug-likeness (QED) is 0.428. The molecular weight excluding hydrogens is 364 g/mol. The molecule has 1 fully saturated rings. The fraction of sp³-hybridized carbons (Fsp3) is 0.500. The van der Waals surface area contributed by atoms with Crippen molar-refractivity contribution in [3.63, 3.8) is 0 Å². The van der Waals surface area contributed by atoms with E-state index < -0.39 is 37.9 Å². The van der Waals surface area contributed by atoms with Crippen molar-refractivity contribution in [3.05, 3.63) is 33.9 Å². The largest absolute Gasteiger partial charge is 0.452 e. The second-order valence-electron chi connectivity index (χ2n) is 6.22. The second kappa shape index (κ2) is 7.81. The summed E-state index contributed by atoms with van der Waals surface area (Å²) < 4.78 is 28.1. The van der Waals surface area contributed by atoms with Crippen LogP contribution >= 0.6 is 0 Å². The number of nitro groups is 1. The molecule has 10 heteroatoms. The van der Waals surface area contributed by atoms with Crippen LogP contribution in [0.5, 0.6) is 0 Å². The van der Waals surface area contributed by atoms with Gasteiger partial charge in [0.15, 0.2) is 16.4 Å². The number of piperidine rings is 1. The van der Waals surface area contributed by atoms with E-state index in [-0.39, 0.29) is 17.5 Å². The van der Waals surface area contributed by atoms with Crippen molar-refractivity contribution in [2.75, 3.05) is 19.4 Å². The molecule has 0 aromatic heterocycles. The van der Waals surface area contributed by atoms with Gasteiger partial charge in [0.05, 0.1) is 10.5 Å². The summed E-state index contributed by atoms with van der Waals surface area (Å²) in [4.78, 5) is 35.6. The van der Waals surface area contributed by atoms with Crippen LogP contribution in [0.3, 0.4) is 0 Å². The minimum absolute atomic E-state index is 0.0742. The number of ether oxygens (including phenoxy) is 1. The molecule has 1 amide bonds. The van der Waals surface area contributed by atoms with Gasteiger partial charge in [-0.3, -0.25) is 14.9 Å². The Morgan fingerprint density at radius 1 is 1.35 bits per heavy atom. The zero-order valence-corrected chi connectivity index (χ0v) is 15.3. The molecular formula is C16H20N2O7S. The van der Waals surface area contributed by atoms with Crippen molar-refractivity contribution >= 4 is 27.4 Å². The fourth-order valence-corrected chi connectivity index (χ4v) is 3.69. The summed E-state index contributed by atoms with van der Waals surface area (Å²) in [6.07, 6.45) is 3.66. The van der Waals surface area contributed by atoms with Crippen molar-refractivity contribution in [2.24, 2.45) is 0 Å². The Bertz CT molecular complexity index is 835. The van der Waals surface area contributed by atoms with E-state index in [1.54, 1.807) is 4.90 Å². The van der Waals surface area contributed by atoms with E-state index >= 15 is 0 Å². The third kappa shape index (κ3) is 4.57. The summed E-state index contributed by atoms with van der Waals surface area (Å²) in [7, 11) is -3.82. The fourth-order valence-electron chi connectivity index (χ4n) is 2.86. The average molecular weight is 384 g/mol. The summed E-state index contributed by atoms with van der Waals surface area (Å²) >= 11 is 0. The Labute approximate surface area is 151 Å². The van der Waals surface area contributed by atoms with E-state index in [1.807, 2.05) is 6.92 Å². The molecule has 1 aromatic carbocycles. The zero-order chi connectivity index (χ0) is 19.5. The molecule has 1 heterocycles. The summed E-state index contributed by atoms with van der Waals surface area (Å²) in [6.45, 7) is 2.06. The second-order valence-corrected chi connectivity index (χ2v) is 8.20. The minimum Gasteiger partial charge on any atom is -0.452 e. The molecule has 0 unspecified atom stereocenters. The van der Waals surface area contributed by atoms with Gasteiger partial charge in [0.2, 0.25) is 0 Å². The van der Waals surface area contributed by atoms with Crippen LogP contribution in [0.1, 0.15) is 36.5 Å². The zero-order valence-electron chi connectivity index (χ0n) is 14.5. The maximum absolute atomic E-state index is 12.2. The van der Waals surface area contributed by atoms with Crippen LogP contribution in [-0.2, 0) is 19.4 Å². The molecule has 0 N–H and O–H groups in total. The molecule has 0 spiro atoms. The summed E-state index contributed by atoms with van der Waals surface area (Å²) in [5.41, 5.74) is -0.901. The van der Waals surface area contributed by atoms with Crippen molar-refractivity contribution < 1.29 is 27.7 Å². The van der Waals surface area contributed by atoms with Gasteiger partial charge in [-0.05, 0) is 38.3 Å². The van der Waals surface area contributed by atoms with Gasteiger partial charge in [0, 0.05) is 24.9 Å². The molecule has 0 bridgehead atoms. The number of rotatable bonds is 5. The maximum atomic E-state index is 12.2. The molecule has 26 heavy (non-hydrogen) atoms. The van der Waals surface area contributed by atoms with Gasteiger partial charge in [0.1, 0.15) is 4.90 Å². The SMILES string of the molecule is C[C@H]1CCCCN1C(=O)COC(=O)c1ccc(S(C)(=O)=O)c([N+](=O)[O-])c1. The van der Waals surface area contributed by atoms with Crippen LogP contribution in [0.25, 0.3) is 0 Å². The Kier molecular flexibility index (Phi) is 5.96. The van der Waals surface area contributed by atoms with Crippen LogP contribution in [0.2, 0.25) is 0 Å². The Hall–Kier alpha value is -2.49. The third-order valence-electron chi connectivity index (χ3n) is 4.24. The molecule has 142 valence electrons. The minimum atomic E-state index is -3.82. The Balaban J connectivity index is 2.11. The van der Waals surface area contributed by atoms with Gasteiger partial charge < -0.3 is 9.64 Å². The first-order valence-electron chi connectivity index (χ1n) is 8.06. The Morgan fingerprint density at radius 2 is 2.04 bits per heavy atom. The first kappa shape index (κ1) is 19.8. The van der Waals surface area contributed by atoms with Crippen LogP contribution < -0.4 is 0 Å². The number of benzene rings is 1. The lowest BCUT2D eigenvalue weighted by Gasteiger charge is -2.33.